The van der Waals surface area contributed by atoms with Crippen LogP contribution in [0.2, 0.25) is 0 Å². The highest BCUT2D eigenvalue weighted by Gasteiger charge is 2.20. The fourth-order valence-corrected chi connectivity index (χ4v) is 1.70. The summed E-state index contributed by atoms with van der Waals surface area (Å²) in [5.41, 5.74) is 0. The first-order valence-electron chi connectivity index (χ1n) is 5.29. The molecule has 0 aromatic carbocycles. The minimum Gasteiger partial charge on any atom is -0.355 e. The lowest BCUT2D eigenvalue weighted by atomic mass is 9.97. The molecule has 3 nitrogen and oxygen atoms in total. The second kappa shape index (κ2) is 8.60. The number of carbonyl (C=O) groups is 1. The number of hydrogen-bond donors (Lipinski definition) is 1. The monoisotopic (exact) mass is 228 g/mol. The molecule has 0 rings (SSSR count). The van der Waals surface area contributed by atoms with Crippen LogP contribution < -0.4 is 5.32 Å². The van der Waals surface area contributed by atoms with Gasteiger partial charge in [0.1, 0.15) is 5.92 Å². The van der Waals surface area contributed by atoms with Crippen molar-refractivity contribution in [2.24, 2.45) is 11.8 Å². The molecule has 0 aliphatic rings. The van der Waals surface area contributed by atoms with Gasteiger partial charge in [-0.2, -0.15) is 17.0 Å². The molecule has 0 aromatic rings. The van der Waals surface area contributed by atoms with Gasteiger partial charge in [-0.15, -0.1) is 0 Å². The van der Waals surface area contributed by atoms with Crippen molar-refractivity contribution in [3.8, 4) is 6.07 Å². The summed E-state index contributed by atoms with van der Waals surface area (Å²) in [5.74, 6) is 0.574. The Bertz CT molecular complexity index is 223. The van der Waals surface area contributed by atoms with Crippen molar-refractivity contribution in [2.45, 2.75) is 26.7 Å². The zero-order valence-electron chi connectivity index (χ0n) is 9.75. The highest BCUT2D eigenvalue weighted by Crippen LogP contribution is 2.09. The summed E-state index contributed by atoms with van der Waals surface area (Å²) in [6, 6.07) is 2.04. The number of rotatable bonds is 7. The molecular weight excluding hydrogens is 208 g/mol. The molecule has 1 atom stereocenters. The van der Waals surface area contributed by atoms with Gasteiger partial charge < -0.3 is 5.32 Å². The van der Waals surface area contributed by atoms with Crippen LogP contribution in [0.25, 0.3) is 0 Å². The van der Waals surface area contributed by atoms with Crippen LogP contribution in [0.3, 0.4) is 0 Å². The molecule has 4 heteroatoms. The molecule has 1 unspecified atom stereocenters. The fraction of sp³-hybridized carbons (Fsp3) is 0.818. The molecule has 0 fully saturated rings. The first-order valence-corrected chi connectivity index (χ1v) is 6.69. The van der Waals surface area contributed by atoms with Crippen molar-refractivity contribution >= 4 is 17.7 Å². The van der Waals surface area contributed by atoms with E-state index in [2.05, 4.69) is 11.6 Å². The minimum atomic E-state index is -0.509. The Morgan fingerprint density at radius 2 is 2.13 bits per heavy atom. The molecule has 15 heavy (non-hydrogen) atoms. The Balaban J connectivity index is 3.69. The average Bonchev–Trinajstić information content (AvgIpc) is 2.18. The van der Waals surface area contributed by atoms with Crippen LogP contribution in [0.15, 0.2) is 0 Å². The van der Waals surface area contributed by atoms with Crippen LogP contribution in [0.5, 0.6) is 0 Å². The van der Waals surface area contributed by atoms with Crippen molar-refractivity contribution in [1.29, 1.82) is 5.26 Å². The third-order valence-electron chi connectivity index (χ3n) is 2.16. The van der Waals surface area contributed by atoms with Crippen LogP contribution in [0.1, 0.15) is 26.7 Å². The smallest absolute Gasteiger partial charge is 0.237 e. The van der Waals surface area contributed by atoms with Gasteiger partial charge in [0, 0.05) is 6.54 Å². The number of nitrogens with one attached hydrogen (secondary N) is 1. The summed E-state index contributed by atoms with van der Waals surface area (Å²) in [6.45, 7) is 4.46. The number of nitrogens with zero attached hydrogens (tertiary/aromatic N) is 1. The van der Waals surface area contributed by atoms with Crippen LogP contribution in [0, 0.1) is 23.2 Å². The largest absolute Gasteiger partial charge is 0.355 e. The van der Waals surface area contributed by atoms with Gasteiger partial charge in [-0.3, -0.25) is 4.79 Å². The van der Waals surface area contributed by atoms with Gasteiger partial charge in [0.25, 0.3) is 0 Å². The normalized spacial score (nSPS) is 12.2. The Labute approximate surface area is 96.6 Å². The Morgan fingerprint density at radius 3 is 2.60 bits per heavy atom. The number of hydrogen-bond acceptors (Lipinski definition) is 3. The maximum atomic E-state index is 11.5. The summed E-state index contributed by atoms with van der Waals surface area (Å²) in [5, 5.41) is 11.6. The van der Waals surface area contributed by atoms with E-state index in [0.717, 1.165) is 18.6 Å². The fourth-order valence-electron chi connectivity index (χ4n) is 1.20. The highest BCUT2D eigenvalue weighted by molar-refractivity contribution is 7.98. The van der Waals surface area contributed by atoms with Crippen molar-refractivity contribution in [2.75, 3.05) is 18.6 Å². The number of nitriles is 1. The number of amides is 1. The summed E-state index contributed by atoms with van der Waals surface area (Å²) >= 11 is 1.81. The van der Waals surface area contributed by atoms with Gasteiger partial charge in [0.15, 0.2) is 0 Å². The van der Waals surface area contributed by atoms with Gasteiger partial charge >= 0.3 is 0 Å². The highest BCUT2D eigenvalue weighted by atomic mass is 32.2. The lowest BCUT2D eigenvalue weighted by Gasteiger charge is -2.12. The number of thioether (sulfide) groups is 1. The molecular formula is C11H20N2OS. The lowest BCUT2D eigenvalue weighted by Crippen LogP contribution is -2.33. The van der Waals surface area contributed by atoms with Crippen LogP contribution in [-0.4, -0.2) is 24.5 Å². The topological polar surface area (TPSA) is 52.9 Å². The summed E-state index contributed by atoms with van der Waals surface area (Å²) in [4.78, 5) is 11.5. The van der Waals surface area contributed by atoms with Gasteiger partial charge in [-0.1, -0.05) is 13.8 Å². The summed E-state index contributed by atoms with van der Waals surface area (Å²) < 4.78 is 0. The van der Waals surface area contributed by atoms with Crippen molar-refractivity contribution in [3.63, 3.8) is 0 Å². The molecule has 0 saturated carbocycles. The molecule has 0 aromatic heterocycles. The molecule has 0 saturated heterocycles. The molecule has 0 bridgehead atoms. The molecule has 0 aliphatic heterocycles. The van der Waals surface area contributed by atoms with Crippen LogP contribution in [-0.2, 0) is 4.79 Å². The molecule has 0 radical (unpaired) electrons. The first-order chi connectivity index (χ1) is 7.13. The van der Waals surface area contributed by atoms with Crippen molar-refractivity contribution in [1.82, 2.24) is 5.32 Å². The van der Waals surface area contributed by atoms with E-state index in [9.17, 15) is 4.79 Å². The van der Waals surface area contributed by atoms with Gasteiger partial charge in [0.05, 0.1) is 6.07 Å². The van der Waals surface area contributed by atoms with Gasteiger partial charge in [0.2, 0.25) is 5.91 Å². The zero-order valence-corrected chi connectivity index (χ0v) is 10.6. The predicted octanol–water partition coefficient (Wildman–Crippen LogP) is 2.04. The van der Waals surface area contributed by atoms with Crippen LogP contribution in [0.4, 0.5) is 0 Å². The molecule has 0 heterocycles. The Morgan fingerprint density at radius 1 is 1.47 bits per heavy atom. The minimum absolute atomic E-state index is 0.0844. The Hall–Kier alpha value is -0.690. The zero-order chi connectivity index (χ0) is 11.7. The van der Waals surface area contributed by atoms with Crippen molar-refractivity contribution < 1.29 is 4.79 Å². The van der Waals surface area contributed by atoms with Gasteiger partial charge in [-0.05, 0) is 30.8 Å². The van der Waals surface area contributed by atoms with Gasteiger partial charge in [-0.25, -0.2) is 0 Å². The molecule has 86 valence electrons. The van der Waals surface area contributed by atoms with E-state index < -0.39 is 5.92 Å². The summed E-state index contributed by atoms with van der Waals surface area (Å²) in [7, 11) is 0. The number of unbranched alkanes of at least 4 members (excludes halogenated alkanes) is 1. The molecule has 1 amide bonds. The van der Waals surface area contributed by atoms with E-state index >= 15 is 0 Å². The maximum Gasteiger partial charge on any atom is 0.237 e. The third-order valence-corrected chi connectivity index (χ3v) is 2.86. The lowest BCUT2D eigenvalue weighted by molar-refractivity contribution is -0.124. The molecule has 0 aliphatic carbocycles. The van der Waals surface area contributed by atoms with E-state index in [-0.39, 0.29) is 11.8 Å². The SMILES string of the molecule is CSCCCCNC(=O)C(C#N)C(C)C. The molecule has 0 spiro atoms. The van der Waals surface area contributed by atoms with E-state index in [0.29, 0.717) is 6.54 Å². The standard InChI is InChI=1S/C11H20N2OS/c1-9(2)10(8-12)11(14)13-6-4-5-7-15-3/h9-10H,4-7H2,1-3H3,(H,13,14). The second-order valence-electron chi connectivity index (χ2n) is 3.84. The Kier molecular flexibility index (Phi) is 8.21. The number of carbonyl (C=O) groups excluding carboxylic acids is 1. The maximum absolute atomic E-state index is 11.5. The second-order valence-corrected chi connectivity index (χ2v) is 4.83. The van der Waals surface area contributed by atoms with Crippen LogP contribution >= 0.6 is 11.8 Å². The quantitative estimate of drug-likeness (QED) is 0.678. The van der Waals surface area contributed by atoms with E-state index in [4.69, 9.17) is 5.26 Å². The summed E-state index contributed by atoms with van der Waals surface area (Å²) in [6.07, 6.45) is 4.17. The average molecular weight is 228 g/mol. The van der Waals surface area contributed by atoms with E-state index in [1.54, 1.807) is 0 Å². The third kappa shape index (κ3) is 6.40. The van der Waals surface area contributed by atoms with E-state index in [1.165, 1.54) is 0 Å². The predicted molar refractivity (Wildman–Crippen MR) is 64.6 cm³/mol. The molecule has 1 N–H and O–H groups in total. The van der Waals surface area contributed by atoms with E-state index in [1.807, 2.05) is 31.7 Å². The van der Waals surface area contributed by atoms with Crippen molar-refractivity contribution in [3.05, 3.63) is 0 Å². The first kappa shape index (κ1) is 14.3.